The van der Waals surface area contributed by atoms with E-state index in [0.717, 1.165) is 0 Å². The molecule has 0 radical (unpaired) electrons. The molecular weight excluding hydrogens is 240 g/mol. The van der Waals surface area contributed by atoms with E-state index in [1.54, 1.807) is 6.07 Å². The number of hydrogen-bond acceptors (Lipinski definition) is 7. The molecule has 2 rings (SSSR count). The van der Waals surface area contributed by atoms with Gasteiger partial charge in [0.05, 0.1) is 6.61 Å². The fraction of sp³-hybridized carbons (Fsp3) is 0.600. The lowest BCUT2D eigenvalue weighted by Gasteiger charge is -2.21. The molecule has 6 nitrogen and oxygen atoms in total. The molecule has 1 atom stereocenters. The van der Waals surface area contributed by atoms with E-state index < -0.39 is 5.60 Å². The maximum absolute atomic E-state index is 10.1. The Morgan fingerprint density at radius 1 is 1.65 bits per heavy atom. The predicted octanol–water partition coefficient (Wildman–Crippen LogP) is 0.344. The third kappa shape index (κ3) is 3.21. The van der Waals surface area contributed by atoms with E-state index in [1.165, 1.54) is 11.8 Å². The molecule has 0 amide bonds. The maximum Gasteiger partial charge on any atom is 0.191 e. The molecule has 1 aromatic rings. The summed E-state index contributed by atoms with van der Waals surface area (Å²) in [4.78, 5) is 8.30. The average Bonchev–Trinajstić information content (AvgIpc) is 2.73. The summed E-state index contributed by atoms with van der Waals surface area (Å²) in [7, 11) is 0. The molecule has 17 heavy (non-hydrogen) atoms. The van der Waals surface area contributed by atoms with Crippen molar-refractivity contribution in [2.24, 2.45) is 0 Å². The first-order chi connectivity index (χ1) is 8.11. The first kappa shape index (κ1) is 12.4. The minimum absolute atomic E-state index is 0.357. The van der Waals surface area contributed by atoms with Crippen LogP contribution in [0.2, 0.25) is 0 Å². The van der Waals surface area contributed by atoms with E-state index in [-0.39, 0.29) is 0 Å². The van der Waals surface area contributed by atoms with E-state index in [4.69, 9.17) is 10.5 Å². The number of nitrogens with zero attached hydrogens (tertiary/aromatic N) is 2. The zero-order chi connectivity index (χ0) is 12.3. The molecule has 1 unspecified atom stereocenters. The first-order valence-electron chi connectivity index (χ1n) is 5.34. The number of hydrogen-bond donors (Lipinski definition) is 3. The SMILES string of the molecule is CSc1nc(N)cc(NCC2(O)CCOC2)n1. The number of anilines is 2. The molecule has 1 saturated heterocycles. The van der Waals surface area contributed by atoms with E-state index in [9.17, 15) is 5.11 Å². The number of aliphatic hydroxyl groups is 1. The van der Waals surface area contributed by atoms with Crippen LogP contribution in [0.3, 0.4) is 0 Å². The number of thioether (sulfide) groups is 1. The lowest BCUT2D eigenvalue weighted by Crippen LogP contribution is -2.37. The van der Waals surface area contributed by atoms with Crippen LogP contribution in [-0.2, 0) is 4.74 Å². The van der Waals surface area contributed by atoms with Crippen molar-refractivity contribution in [2.45, 2.75) is 17.2 Å². The zero-order valence-corrected chi connectivity index (χ0v) is 10.5. The molecule has 7 heteroatoms. The van der Waals surface area contributed by atoms with Crippen molar-refractivity contribution in [3.63, 3.8) is 0 Å². The molecule has 94 valence electrons. The van der Waals surface area contributed by atoms with Crippen molar-refractivity contribution in [2.75, 3.05) is 37.1 Å². The van der Waals surface area contributed by atoms with Crippen molar-refractivity contribution < 1.29 is 9.84 Å². The van der Waals surface area contributed by atoms with Crippen molar-refractivity contribution in [1.82, 2.24) is 9.97 Å². The van der Waals surface area contributed by atoms with Crippen LogP contribution in [0.25, 0.3) is 0 Å². The minimum atomic E-state index is -0.806. The molecule has 0 aromatic carbocycles. The summed E-state index contributed by atoms with van der Waals surface area (Å²) < 4.78 is 5.17. The number of nitrogens with one attached hydrogen (secondary N) is 1. The van der Waals surface area contributed by atoms with Crippen LogP contribution in [0.4, 0.5) is 11.6 Å². The number of nitrogens with two attached hydrogens (primary N) is 1. The molecule has 4 N–H and O–H groups in total. The molecule has 1 aliphatic rings. The quantitative estimate of drug-likeness (QED) is 0.528. The average molecular weight is 256 g/mol. The number of rotatable bonds is 4. The summed E-state index contributed by atoms with van der Waals surface area (Å²) in [5, 5.41) is 13.8. The second-order valence-electron chi connectivity index (χ2n) is 4.05. The lowest BCUT2D eigenvalue weighted by atomic mass is 10.0. The minimum Gasteiger partial charge on any atom is -0.386 e. The van der Waals surface area contributed by atoms with E-state index in [2.05, 4.69) is 15.3 Å². The van der Waals surface area contributed by atoms with Gasteiger partial charge in [0.25, 0.3) is 0 Å². The van der Waals surface area contributed by atoms with Crippen molar-refractivity contribution >= 4 is 23.4 Å². The highest BCUT2D eigenvalue weighted by Crippen LogP contribution is 2.20. The van der Waals surface area contributed by atoms with Crippen LogP contribution in [0.1, 0.15) is 6.42 Å². The van der Waals surface area contributed by atoms with Gasteiger partial charge in [0.15, 0.2) is 5.16 Å². The Bertz CT molecular complexity index is 396. The van der Waals surface area contributed by atoms with Gasteiger partial charge in [-0.2, -0.15) is 0 Å². The van der Waals surface area contributed by atoms with E-state index >= 15 is 0 Å². The molecule has 0 spiro atoms. The Morgan fingerprint density at radius 2 is 2.47 bits per heavy atom. The molecule has 0 aliphatic carbocycles. The van der Waals surface area contributed by atoms with Crippen LogP contribution < -0.4 is 11.1 Å². The molecular formula is C10H16N4O2S. The highest BCUT2D eigenvalue weighted by molar-refractivity contribution is 7.98. The molecule has 1 aromatic heterocycles. The smallest absolute Gasteiger partial charge is 0.191 e. The van der Waals surface area contributed by atoms with Gasteiger partial charge in [-0.15, -0.1) is 0 Å². The molecule has 0 saturated carbocycles. The molecule has 0 bridgehead atoms. The normalized spacial score (nSPS) is 23.9. The largest absolute Gasteiger partial charge is 0.386 e. The Hall–Kier alpha value is -1.05. The zero-order valence-electron chi connectivity index (χ0n) is 9.64. The fourth-order valence-corrected chi connectivity index (χ4v) is 2.00. The van der Waals surface area contributed by atoms with Crippen LogP contribution in [0, 0.1) is 0 Å². The van der Waals surface area contributed by atoms with Gasteiger partial charge in [0.2, 0.25) is 0 Å². The van der Waals surface area contributed by atoms with Gasteiger partial charge in [-0.1, -0.05) is 11.8 Å². The molecule has 1 aliphatic heterocycles. The Morgan fingerprint density at radius 3 is 3.12 bits per heavy atom. The van der Waals surface area contributed by atoms with Crippen LogP contribution in [-0.4, -0.2) is 46.7 Å². The number of nitrogen functional groups attached to an aromatic ring is 1. The summed E-state index contributed by atoms with van der Waals surface area (Å²) in [6, 6.07) is 1.65. The van der Waals surface area contributed by atoms with Gasteiger partial charge in [-0.05, 0) is 6.26 Å². The van der Waals surface area contributed by atoms with E-state index in [0.29, 0.717) is 43.0 Å². The molecule has 1 fully saturated rings. The summed E-state index contributed by atoms with van der Waals surface area (Å²) in [6.45, 7) is 1.35. The lowest BCUT2D eigenvalue weighted by molar-refractivity contribution is 0.0381. The van der Waals surface area contributed by atoms with Gasteiger partial charge < -0.3 is 20.9 Å². The monoisotopic (exact) mass is 256 g/mol. The van der Waals surface area contributed by atoms with Crippen LogP contribution in [0.15, 0.2) is 11.2 Å². The summed E-state index contributed by atoms with van der Waals surface area (Å²) >= 11 is 1.42. The predicted molar refractivity (Wildman–Crippen MR) is 67.1 cm³/mol. The van der Waals surface area contributed by atoms with Gasteiger partial charge in [0.1, 0.15) is 17.2 Å². The molecule has 2 heterocycles. The fourth-order valence-electron chi connectivity index (χ4n) is 1.62. The highest BCUT2D eigenvalue weighted by Gasteiger charge is 2.32. The highest BCUT2D eigenvalue weighted by atomic mass is 32.2. The van der Waals surface area contributed by atoms with Gasteiger partial charge in [-0.25, -0.2) is 9.97 Å². The Balaban J connectivity index is 2.00. The van der Waals surface area contributed by atoms with Gasteiger partial charge in [0, 0.05) is 25.6 Å². The van der Waals surface area contributed by atoms with Crippen LogP contribution in [0.5, 0.6) is 0 Å². The Kier molecular flexibility index (Phi) is 3.70. The third-order valence-electron chi connectivity index (χ3n) is 2.59. The summed E-state index contributed by atoms with van der Waals surface area (Å²) in [5.74, 6) is 1.05. The van der Waals surface area contributed by atoms with Crippen molar-refractivity contribution in [3.8, 4) is 0 Å². The summed E-state index contributed by atoms with van der Waals surface area (Å²) in [5.41, 5.74) is 4.85. The van der Waals surface area contributed by atoms with Crippen molar-refractivity contribution in [3.05, 3.63) is 6.07 Å². The van der Waals surface area contributed by atoms with Crippen LogP contribution >= 0.6 is 11.8 Å². The summed E-state index contributed by atoms with van der Waals surface area (Å²) in [6.07, 6.45) is 2.52. The second-order valence-corrected chi connectivity index (χ2v) is 4.82. The third-order valence-corrected chi connectivity index (χ3v) is 3.14. The van der Waals surface area contributed by atoms with E-state index in [1.807, 2.05) is 6.26 Å². The van der Waals surface area contributed by atoms with Gasteiger partial charge >= 0.3 is 0 Å². The number of ether oxygens (including phenoxy) is 1. The van der Waals surface area contributed by atoms with Crippen molar-refractivity contribution in [1.29, 1.82) is 0 Å². The number of aromatic nitrogens is 2. The standard InChI is InChI=1S/C10H16N4O2S/c1-17-9-13-7(11)4-8(14-9)12-5-10(15)2-3-16-6-10/h4,15H,2-3,5-6H2,1H3,(H3,11,12,13,14). The van der Waals surface area contributed by atoms with Gasteiger partial charge in [-0.3, -0.25) is 0 Å². The topological polar surface area (TPSA) is 93.3 Å². The maximum atomic E-state index is 10.1. The first-order valence-corrected chi connectivity index (χ1v) is 6.56. The Labute approximate surface area is 104 Å². The second kappa shape index (κ2) is 5.07.